The lowest BCUT2D eigenvalue weighted by molar-refractivity contribution is -0.140. The van der Waals surface area contributed by atoms with Crippen molar-refractivity contribution < 1.29 is 9.53 Å². The Labute approximate surface area is 105 Å². The molecule has 0 aliphatic carbocycles. The Hall–Kier alpha value is -1.55. The second-order valence-corrected chi connectivity index (χ2v) is 4.44. The predicted octanol–water partition coefficient (Wildman–Crippen LogP) is 3.11. The van der Waals surface area contributed by atoms with Gasteiger partial charge in [-0.3, -0.25) is 4.79 Å². The first kappa shape index (κ1) is 11.9. The topological polar surface area (TPSA) is 38.7 Å². The van der Waals surface area contributed by atoms with Gasteiger partial charge in [0.1, 0.15) is 0 Å². The third-order valence-corrected chi connectivity index (χ3v) is 3.33. The second kappa shape index (κ2) is 5.68. The Morgan fingerprint density at radius 1 is 1.41 bits per heavy atom. The van der Waals surface area contributed by atoms with E-state index in [2.05, 4.69) is 15.2 Å². The van der Waals surface area contributed by atoms with E-state index in [9.17, 15) is 4.79 Å². The van der Waals surface area contributed by atoms with Crippen LogP contribution in [0.25, 0.3) is 5.57 Å². The number of hydrogen-bond acceptors (Lipinski definition) is 4. The number of allylic oxidation sites excluding steroid dienone is 2. The lowest BCUT2D eigenvalue weighted by Gasteiger charge is -2.08. The molecule has 1 aromatic carbocycles. The fourth-order valence-corrected chi connectivity index (χ4v) is 2.34. The molecule has 1 aliphatic heterocycles. The van der Waals surface area contributed by atoms with Gasteiger partial charge >= 0.3 is 5.97 Å². The number of carbonyl (C=O) groups is 1. The summed E-state index contributed by atoms with van der Waals surface area (Å²) in [5.41, 5.74) is 2.28. The first-order valence-corrected chi connectivity index (χ1v) is 6.14. The Morgan fingerprint density at radius 2 is 2.24 bits per heavy atom. The summed E-state index contributed by atoms with van der Waals surface area (Å²) in [6.45, 7) is 0. The van der Waals surface area contributed by atoms with Crippen LogP contribution in [0.4, 0.5) is 0 Å². The molecule has 88 valence electrons. The molecule has 4 heteroatoms. The van der Waals surface area contributed by atoms with Crippen molar-refractivity contribution >= 4 is 29.7 Å². The fourth-order valence-electron chi connectivity index (χ4n) is 1.67. The van der Waals surface area contributed by atoms with Gasteiger partial charge < -0.3 is 4.74 Å². The molecule has 0 saturated heterocycles. The van der Waals surface area contributed by atoms with Gasteiger partial charge in [-0.2, -0.15) is 0 Å². The molecule has 1 heterocycles. The molecule has 0 bridgehead atoms. The van der Waals surface area contributed by atoms with Gasteiger partial charge in [0.2, 0.25) is 0 Å². The zero-order valence-electron chi connectivity index (χ0n) is 9.55. The monoisotopic (exact) mass is 247 g/mol. The molecule has 1 aromatic rings. The average molecular weight is 247 g/mol. The number of ether oxygens (including phenoxy) is 1. The summed E-state index contributed by atoms with van der Waals surface area (Å²) >= 11 is 1.45. The molecule has 0 radical (unpaired) electrons. The van der Waals surface area contributed by atoms with Crippen LogP contribution >= 0.6 is 11.9 Å². The molecule has 17 heavy (non-hydrogen) atoms. The molecule has 3 nitrogen and oxygen atoms in total. The highest BCUT2D eigenvalue weighted by Gasteiger charge is 2.11. The summed E-state index contributed by atoms with van der Waals surface area (Å²) in [4.78, 5) is 12.3. The van der Waals surface area contributed by atoms with Gasteiger partial charge in [-0.1, -0.05) is 18.2 Å². The van der Waals surface area contributed by atoms with Crippen molar-refractivity contribution in [2.24, 2.45) is 4.40 Å². The number of nitrogens with zero attached hydrogens (tertiary/aromatic N) is 1. The molecule has 0 spiro atoms. The van der Waals surface area contributed by atoms with Crippen molar-refractivity contribution in [1.29, 1.82) is 0 Å². The van der Waals surface area contributed by atoms with E-state index in [0.717, 1.165) is 16.0 Å². The molecule has 1 aliphatic rings. The molecule has 0 saturated carbocycles. The van der Waals surface area contributed by atoms with Crippen LogP contribution in [0.15, 0.2) is 39.6 Å². The van der Waals surface area contributed by atoms with Gasteiger partial charge in [-0.05, 0) is 29.7 Å². The minimum atomic E-state index is -0.183. The predicted molar refractivity (Wildman–Crippen MR) is 70.0 cm³/mol. The van der Waals surface area contributed by atoms with E-state index in [1.165, 1.54) is 19.1 Å². The highest BCUT2D eigenvalue weighted by molar-refractivity contribution is 7.98. The van der Waals surface area contributed by atoms with Crippen LogP contribution < -0.4 is 0 Å². The largest absolute Gasteiger partial charge is 0.469 e. The van der Waals surface area contributed by atoms with Crippen LogP contribution in [-0.2, 0) is 9.53 Å². The van der Waals surface area contributed by atoms with Crippen molar-refractivity contribution in [3.8, 4) is 0 Å². The highest BCUT2D eigenvalue weighted by Crippen LogP contribution is 2.32. The molecule has 0 N–H and O–H groups in total. The Kier molecular flexibility index (Phi) is 3.98. The summed E-state index contributed by atoms with van der Waals surface area (Å²) in [5, 5.41) is 0. The van der Waals surface area contributed by atoms with Gasteiger partial charge in [-0.15, -0.1) is 0 Å². The molecule has 0 atom stereocenters. The number of fused-ring (bicyclic) bond motifs is 1. The number of carbonyl (C=O) groups excluding carboxylic acids is 1. The molecular weight excluding hydrogens is 234 g/mol. The van der Waals surface area contributed by atoms with Crippen LogP contribution in [0.5, 0.6) is 0 Å². The van der Waals surface area contributed by atoms with Gasteiger partial charge in [0.15, 0.2) is 0 Å². The first-order chi connectivity index (χ1) is 8.31. The van der Waals surface area contributed by atoms with E-state index < -0.39 is 0 Å². The molecule has 2 rings (SSSR count). The van der Waals surface area contributed by atoms with Crippen molar-refractivity contribution in [2.75, 3.05) is 7.11 Å². The van der Waals surface area contributed by atoms with Gasteiger partial charge in [0.05, 0.1) is 7.11 Å². The van der Waals surface area contributed by atoms with E-state index in [-0.39, 0.29) is 5.97 Å². The number of benzene rings is 1. The third-order valence-electron chi connectivity index (χ3n) is 2.55. The smallest absolute Gasteiger partial charge is 0.305 e. The zero-order chi connectivity index (χ0) is 12.1. The quantitative estimate of drug-likeness (QED) is 0.608. The first-order valence-electron chi connectivity index (χ1n) is 5.37. The average Bonchev–Trinajstić information content (AvgIpc) is 2.58. The number of hydrogen-bond donors (Lipinski definition) is 0. The number of esters is 1. The molecule has 0 aromatic heterocycles. The van der Waals surface area contributed by atoms with Gasteiger partial charge in [0.25, 0.3) is 0 Å². The van der Waals surface area contributed by atoms with E-state index in [0.29, 0.717) is 12.8 Å². The summed E-state index contributed by atoms with van der Waals surface area (Å²) < 4.78 is 8.86. The number of methoxy groups -OCH3 is 1. The minimum absolute atomic E-state index is 0.183. The molecule has 0 unspecified atom stereocenters. The van der Waals surface area contributed by atoms with Crippen molar-refractivity contribution in [3.63, 3.8) is 0 Å². The van der Waals surface area contributed by atoms with Crippen molar-refractivity contribution in [3.05, 3.63) is 35.9 Å². The van der Waals surface area contributed by atoms with Gasteiger partial charge in [0, 0.05) is 29.5 Å². The fraction of sp³-hybridized carbons (Fsp3) is 0.231. The standard InChI is InChI=1S/C13H13NO2S/c1-16-13(15)7-6-10-8-9-14-17-12-5-3-2-4-11(10)12/h2-5,8-9H,6-7H2,1H3. The lowest BCUT2D eigenvalue weighted by atomic mass is 10.0. The second-order valence-electron chi connectivity index (χ2n) is 3.61. The Morgan fingerprint density at radius 3 is 3.06 bits per heavy atom. The molecule has 0 amide bonds. The maximum atomic E-state index is 11.2. The van der Waals surface area contributed by atoms with Crippen molar-refractivity contribution in [1.82, 2.24) is 0 Å². The normalized spacial score (nSPS) is 13.6. The SMILES string of the molecule is COC(=O)CCC1=CC=NSc2ccccc21. The van der Waals surface area contributed by atoms with Crippen LogP contribution in [0.3, 0.4) is 0 Å². The maximum absolute atomic E-state index is 11.2. The van der Waals surface area contributed by atoms with Crippen LogP contribution in [-0.4, -0.2) is 19.3 Å². The number of rotatable bonds is 3. The summed E-state index contributed by atoms with van der Waals surface area (Å²) in [7, 11) is 1.41. The maximum Gasteiger partial charge on any atom is 0.305 e. The van der Waals surface area contributed by atoms with E-state index >= 15 is 0 Å². The lowest BCUT2D eigenvalue weighted by Crippen LogP contribution is -2.00. The van der Waals surface area contributed by atoms with E-state index in [4.69, 9.17) is 0 Å². The minimum Gasteiger partial charge on any atom is -0.469 e. The summed E-state index contributed by atoms with van der Waals surface area (Å²) in [6, 6.07) is 8.08. The summed E-state index contributed by atoms with van der Waals surface area (Å²) in [5.74, 6) is -0.183. The van der Waals surface area contributed by atoms with Crippen LogP contribution in [0, 0.1) is 0 Å². The van der Waals surface area contributed by atoms with E-state index in [1.807, 2.05) is 24.3 Å². The van der Waals surface area contributed by atoms with Crippen LogP contribution in [0.2, 0.25) is 0 Å². The summed E-state index contributed by atoms with van der Waals surface area (Å²) in [6.07, 6.45) is 4.81. The van der Waals surface area contributed by atoms with Gasteiger partial charge in [-0.25, -0.2) is 4.40 Å². The Bertz CT molecular complexity index is 480. The third kappa shape index (κ3) is 2.97. The van der Waals surface area contributed by atoms with Crippen LogP contribution in [0.1, 0.15) is 18.4 Å². The Balaban J connectivity index is 2.19. The van der Waals surface area contributed by atoms with Crippen molar-refractivity contribution in [2.45, 2.75) is 17.7 Å². The van der Waals surface area contributed by atoms with E-state index in [1.54, 1.807) is 6.21 Å². The highest BCUT2D eigenvalue weighted by atomic mass is 32.2. The molecule has 0 fully saturated rings. The molecular formula is C13H13NO2S. The zero-order valence-corrected chi connectivity index (χ0v) is 10.4.